The summed E-state index contributed by atoms with van der Waals surface area (Å²) in [6, 6.07) is 21.3. The Morgan fingerprint density at radius 2 is 1.01 bits per heavy atom. The number of nitro groups is 2. The maximum Gasteiger partial charge on any atom is 0.323 e. The molecule has 10 rings (SSSR count). The predicted molar refractivity (Wildman–Crippen MR) is 279 cm³/mol. The lowest BCUT2D eigenvalue weighted by Crippen LogP contribution is -2.29. The van der Waals surface area contributed by atoms with Crippen LogP contribution < -0.4 is 20.4 Å². The zero-order chi connectivity index (χ0) is 54.3. The number of hydrogen-bond donors (Lipinski definition) is 4. The highest BCUT2D eigenvalue weighted by atomic mass is 35.5. The number of nitro benzene ring substituents is 2. The van der Waals surface area contributed by atoms with Crippen molar-refractivity contribution in [2.75, 3.05) is 58.4 Å². The number of nitrogens with zero attached hydrogens (tertiary/aromatic N) is 6. The van der Waals surface area contributed by atoms with Crippen LogP contribution in [0.5, 0.6) is 0 Å². The number of non-ortho nitro benzene ring substituents is 2. The molecule has 76 heavy (non-hydrogen) atoms. The van der Waals surface area contributed by atoms with Crippen LogP contribution in [0.4, 0.5) is 38.9 Å². The van der Waals surface area contributed by atoms with E-state index in [0.717, 1.165) is 12.1 Å². The van der Waals surface area contributed by atoms with E-state index < -0.39 is 70.9 Å². The molecule has 4 N–H and O–H groups in total. The van der Waals surface area contributed by atoms with Gasteiger partial charge in [-0.3, -0.25) is 40.2 Å². The zero-order valence-corrected chi connectivity index (χ0v) is 42.7. The van der Waals surface area contributed by atoms with Crippen LogP contribution >= 0.6 is 23.2 Å². The van der Waals surface area contributed by atoms with Crippen LogP contribution in [0.15, 0.2) is 116 Å². The number of alkyl halides is 2. The monoisotopic (exact) mass is 1110 g/mol. The van der Waals surface area contributed by atoms with Crippen molar-refractivity contribution in [3.8, 4) is 0 Å². The van der Waals surface area contributed by atoms with E-state index >= 15 is 0 Å². The number of sulfonamides is 2. The molecule has 2 aromatic heterocycles. The van der Waals surface area contributed by atoms with Crippen LogP contribution in [0.1, 0.15) is 57.9 Å². The predicted octanol–water partition coefficient (Wildman–Crippen LogP) is 9.71. The van der Waals surface area contributed by atoms with Crippen LogP contribution in [-0.2, 0) is 20.0 Å². The first-order valence-electron chi connectivity index (χ1n) is 23.0. The average molecular weight is 1120 g/mol. The van der Waals surface area contributed by atoms with E-state index in [1.807, 2.05) is 0 Å². The molecule has 2 aliphatic rings. The number of furan rings is 2. The molecule has 6 aromatic carbocycles. The highest BCUT2D eigenvalue weighted by molar-refractivity contribution is 7.89. The fraction of sp³-hybridized carbons (Fsp3) is 0.204. The van der Waals surface area contributed by atoms with Crippen LogP contribution in [0.3, 0.4) is 0 Å². The number of carbonyl (C=O) groups is 3. The first kappa shape index (κ1) is 51.7. The molecule has 4 amide bonds. The summed E-state index contributed by atoms with van der Waals surface area (Å²) in [6.07, 6.45) is 0. The molecule has 0 saturated carbocycles. The molecule has 4 heterocycles. The Labute approximate surface area is 439 Å². The Bertz CT molecular complexity index is 3800. The minimum atomic E-state index is -4.39. The highest BCUT2D eigenvalue weighted by Gasteiger charge is 2.40. The lowest BCUT2D eigenvalue weighted by molar-refractivity contribution is -0.383. The fourth-order valence-corrected chi connectivity index (χ4v) is 12.5. The van der Waals surface area contributed by atoms with Gasteiger partial charge in [0.15, 0.2) is 11.5 Å². The molecule has 0 bridgehead atoms. The fourth-order valence-electron chi connectivity index (χ4n) is 9.77. The van der Waals surface area contributed by atoms with Crippen LogP contribution in [0.2, 0.25) is 0 Å². The first-order chi connectivity index (χ1) is 36.2. The lowest BCUT2D eigenvalue weighted by Gasteiger charge is -2.17. The number of urea groups is 1. The summed E-state index contributed by atoms with van der Waals surface area (Å²) in [5.41, 5.74) is 1.53. The number of benzene rings is 6. The van der Waals surface area contributed by atoms with Crippen LogP contribution in [0, 0.1) is 20.2 Å². The van der Waals surface area contributed by atoms with Crippen molar-refractivity contribution >= 4 is 139 Å². The van der Waals surface area contributed by atoms with E-state index in [4.69, 9.17) is 32.0 Å². The molecular weight excluding hydrogens is 1080 g/mol. The number of hydroxylamine groups is 2. The highest BCUT2D eigenvalue weighted by Crippen LogP contribution is 2.48. The van der Waals surface area contributed by atoms with Gasteiger partial charge in [-0.2, -0.15) is 0 Å². The number of carbonyl (C=O) groups excluding carboxylic acids is 3. The second kappa shape index (κ2) is 19.4. The van der Waals surface area contributed by atoms with Crippen molar-refractivity contribution in [2.45, 2.75) is 35.5 Å². The van der Waals surface area contributed by atoms with E-state index in [9.17, 15) is 61.9 Å². The Hall–Kier alpha value is -7.75. The molecule has 0 aliphatic carbocycles. The minimum Gasteiger partial charge on any atom is -0.451 e. The van der Waals surface area contributed by atoms with Gasteiger partial charge in [0.1, 0.15) is 11.2 Å². The molecule has 8 aromatic rings. The summed E-state index contributed by atoms with van der Waals surface area (Å²) in [6.45, 7) is 2.32. The molecule has 2 aliphatic heterocycles. The molecule has 27 heteroatoms. The van der Waals surface area contributed by atoms with Crippen LogP contribution in [0.25, 0.3) is 43.5 Å². The Morgan fingerprint density at radius 3 is 1.37 bits per heavy atom. The second-order valence-electron chi connectivity index (χ2n) is 17.7. The SMILES string of the molecule is CCN(O)S(=O)(=O)c1ccc2c3c(cc([N+](=O)[O-])c2c1)N(C(=O)c1cc2cc(NC(=O)Nc4ccc5oc(C(=O)N6CC(CCl)c7c6cc([N+](=O)[O-])c6cc(S(=O)(=O)N(O)CC)ccc76)cc5c4)ccc2o1)CC3CCl. The van der Waals surface area contributed by atoms with E-state index in [1.54, 1.807) is 12.1 Å². The lowest BCUT2D eigenvalue weighted by atomic mass is 9.95. The van der Waals surface area contributed by atoms with Gasteiger partial charge in [0, 0.05) is 84.1 Å². The number of halogens is 2. The molecule has 0 fully saturated rings. The largest absolute Gasteiger partial charge is 0.451 e. The average Bonchev–Trinajstić information content (AvgIpc) is 4.22. The van der Waals surface area contributed by atoms with Gasteiger partial charge in [-0.05, 0) is 109 Å². The van der Waals surface area contributed by atoms with Crippen molar-refractivity contribution in [1.29, 1.82) is 0 Å². The van der Waals surface area contributed by atoms with E-state index in [2.05, 4.69) is 10.6 Å². The van der Waals surface area contributed by atoms with Gasteiger partial charge in [0.25, 0.3) is 43.2 Å². The van der Waals surface area contributed by atoms with Crippen molar-refractivity contribution in [2.24, 2.45) is 0 Å². The number of amides is 4. The summed E-state index contributed by atoms with van der Waals surface area (Å²) in [4.78, 5) is 67.0. The number of nitrogens with one attached hydrogen (secondary N) is 2. The molecule has 2 unspecified atom stereocenters. The van der Waals surface area contributed by atoms with Crippen molar-refractivity contribution < 1.29 is 60.3 Å². The molecule has 23 nitrogen and oxygen atoms in total. The Kier molecular flexibility index (Phi) is 13.2. The van der Waals surface area contributed by atoms with Crippen LogP contribution in [-0.4, -0.2) is 102 Å². The number of hydrogen-bond acceptors (Lipinski definition) is 15. The van der Waals surface area contributed by atoms with E-state index in [-0.39, 0.29) is 102 Å². The summed E-state index contributed by atoms with van der Waals surface area (Å²) in [5, 5.41) is 51.7. The van der Waals surface area contributed by atoms with E-state index in [1.165, 1.54) is 96.4 Å². The first-order valence-corrected chi connectivity index (χ1v) is 27.0. The topological polar surface area (TPSA) is 310 Å². The van der Waals surface area contributed by atoms with Gasteiger partial charge in [0.2, 0.25) is 0 Å². The molecule has 0 spiro atoms. The molecule has 2 atom stereocenters. The second-order valence-corrected chi connectivity index (χ2v) is 22.0. The van der Waals surface area contributed by atoms with Crippen molar-refractivity contribution in [1.82, 2.24) is 8.94 Å². The molecule has 392 valence electrons. The normalized spacial score (nSPS) is 15.6. The third kappa shape index (κ3) is 8.68. The van der Waals surface area contributed by atoms with Gasteiger partial charge < -0.3 is 29.3 Å². The van der Waals surface area contributed by atoms with Gasteiger partial charge in [-0.15, -0.1) is 23.2 Å². The Morgan fingerprint density at radius 1 is 0.618 bits per heavy atom. The standard InChI is InChI=1S/C49H40Cl2N8O15S2/c1-3-56(63)75(69,70)31-7-9-33-35(17-31)37(58(65)66)19-39-45(33)27(21-50)23-54(39)47(60)43-15-25-13-29(5-11-41(25)73-43)52-49(62)53-30-6-12-42-26(14-30)16-44(74-42)48(61)55-24-28(22-51)46-34-10-8-32(76(71,72)57(64)4-2)18-36(34)38(59(67)68)20-40(46)55/h5-20,27-28,63-64H,3-4,21-24H2,1-2H3,(H2,52,53,62). The summed E-state index contributed by atoms with van der Waals surface area (Å²) in [5.74, 6) is -2.58. The summed E-state index contributed by atoms with van der Waals surface area (Å²) >= 11 is 12.8. The van der Waals surface area contributed by atoms with Gasteiger partial charge in [-0.1, -0.05) is 21.1 Å². The van der Waals surface area contributed by atoms with Crippen molar-refractivity contribution in [3.05, 3.63) is 140 Å². The minimum absolute atomic E-state index is 0.00437. The van der Waals surface area contributed by atoms with Gasteiger partial charge in [0.05, 0.1) is 41.8 Å². The number of fused-ring (bicyclic) bond motifs is 8. The van der Waals surface area contributed by atoms with E-state index in [0.29, 0.717) is 44.0 Å². The van der Waals surface area contributed by atoms with Gasteiger partial charge in [-0.25, -0.2) is 21.6 Å². The maximum atomic E-state index is 14.2. The number of anilines is 4. The molecule has 0 radical (unpaired) electrons. The zero-order valence-electron chi connectivity index (χ0n) is 39.6. The molecule has 0 saturated heterocycles. The maximum absolute atomic E-state index is 14.2. The quantitative estimate of drug-likeness (QED) is 0.0447. The summed E-state index contributed by atoms with van der Waals surface area (Å²) < 4.78 is 63.8. The third-order valence-electron chi connectivity index (χ3n) is 13.3. The smallest absolute Gasteiger partial charge is 0.323 e. The Balaban J connectivity index is 0.862. The molecular formula is C49H40Cl2N8O15S2. The summed E-state index contributed by atoms with van der Waals surface area (Å²) in [7, 11) is -8.78. The third-order valence-corrected chi connectivity index (χ3v) is 17.4. The van der Waals surface area contributed by atoms with Crippen molar-refractivity contribution in [3.63, 3.8) is 0 Å². The number of rotatable bonds is 14. The van der Waals surface area contributed by atoms with Gasteiger partial charge >= 0.3 is 6.03 Å².